The van der Waals surface area contributed by atoms with Crippen LogP contribution in [-0.2, 0) is 29.0 Å². The Labute approximate surface area is 160 Å². The number of benzene rings is 2. The maximum atomic E-state index is 12.1. The first-order valence-electron chi connectivity index (χ1n) is 9.69. The number of nitrogens with one attached hydrogen (secondary N) is 1. The van der Waals surface area contributed by atoms with E-state index in [9.17, 15) is 14.7 Å². The van der Waals surface area contributed by atoms with Crippen LogP contribution in [0.5, 0.6) is 0 Å². The SMILES string of the molecule is O=C(Cc1ccc(CC2(C(=O)O)CCCCC2)cc1)NCc1ccccc1. The summed E-state index contributed by atoms with van der Waals surface area (Å²) in [4.78, 5) is 24.0. The smallest absolute Gasteiger partial charge is 0.309 e. The molecular formula is C23H27NO3. The van der Waals surface area contributed by atoms with Gasteiger partial charge in [0, 0.05) is 6.54 Å². The molecule has 1 fully saturated rings. The van der Waals surface area contributed by atoms with Crippen LogP contribution in [0.3, 0.4) is 0 Å². The van der Waals surface area contributed by atoms with Crippen molar-refractivity contribution in [1.29, 1.82) is 0 Å². The van der Waals surface area contributed by atoms with Gasteiger partial charge in [0.25, 0.3) is 0 Å². The molecule has 1 saturated carbocycles. The molecular weight excluding hydrogens is 338 g/mol. The van der Waals surface area contributed by atoms with E-state index < -0.39 is 11.4 Å². The molecule has 3 rings (SSSR count). The van der Waals surface area contributed by atoms with Gasteiger partial charge in [0.2, 0.25) is 5.91 Å². The number of carboxylic acid groups (broad SMARTS) is 1. The van der Waals surface area contributed by atoms with Crippen molar-refractivity contribution < 1.29 is 14.7 Å². The van der Waals surface area contributed by atoms with E-state index in [-0.39, 0.29) is 5.91 Å². The predicted molar refractivity (Wildman–Crippen MR) is 105 cm³/mol. The minimum atomic E-state index is -0.674. The van der Waals surface area contributed by atoms with Gasteiger partial charge in [-0.05, 0) is 36.0 Å². The van der Waals surface area contributed by atoms with Crippen molar-refractivity contribution in [1.82, 2.24) is 5.32 Å². The van der Waals surface area contributed by atoms with Crippen LogP contribution in [0.15, 0.2) is 54.6 Å². The van der Waals surface area contributed by atoms with Crippen LogP contribution < -0.4 is 5.32 Å². The molecule has 0 aromatic heterocycles. The van der Waals surface area contributed by atoms with Crippen molar-refractivity contribution in [3.8, 4) is 0 Å². The number of rotatable bonds is 7. The minimum absolute atomic E-state index is 0.0131. The normalized spacial score (nSPS) is 15.9. The molecule has 0 bridgehead atoms. The fourth-order valence-corrected chi connectivity index (χ4v) is 3.90. The van der Waals surface area contributed by atoms with Crippen LogP contribution in [0.4, 0.5) is 0 Å². The average molecular weight is 365 g/mol. The summed E-state index contributed by atoms with van der Waals surface area (Å²) in [6.45, 7) is 0.527. The van der Waals surface area contributed by atoms with E-state index in [1.165, 1.54) is 0 Å². The largest absolute Gasteiger partial charge is 0.481 e. The summed E-state index contributed by atoms with van der Waals surface area (Å²) in [6.07, 6.45) is 5.53. The van der Waals surface area contributed by atoms with Gasteiger partial charge in [-0.15, -0.1) is 0 Å². The van der Waals surface area contributed by atoms with Gasteiger partial charge in [-0.1, -0.05) is 73.9 Å². The lowest BCUT2D eigenvalue weighted by Crippen LogP contribution is -2.35. The topological polar surface area (TPSA) is 66.4 Å². The van der Waals surface area contributed by atoms with Gasteiger partial charge in [-0.3, -0.25) is 9.59 Å². The van der Waals surface area contributed by atoms with Gasteiger partial charge in [0.05, 0.1) is 11.8 Å². The summed E-state index contributed by atoms with van der Waals surface area (Å²) in [5.74, 6) is -0.688. The second kappa shape index (κ2) is 8.85. The molecule has 4 nitrogen and oxygen atoms in total. The molecule has 0 atom stereocenters. The molecule has 27 heavy (non-hydrogen) atoms. The second-order valence-corrected chi connectivity index (χ2v) is 7.58. The number of amides is 1. The second-order valence-electron chi connectivity index (χ2n) is 7.58. The molecule has 0 unspecified atom stereocenters. The lowest BCUT2D eigenvalue weighted by Gasteiger charge is -2.33. The van der Waals surface area contributed by atoms with Gasteiger partial charge in [-0.2, -0.15) is 0 Å². The lowest BCUT2D eigenvalue weighted by atomic mass is 9.70. The fraction of sp³-hybridized carbons (Fsp3) is 0.391. The average Bonchev–Trinajstić information content (AvgIpc) is 2.69. The van der Waals surface area contributed by atoms with Gasteiger partial charge >= 0.3 is 5.97 Å². The van der Waals surface area contributed by atoms with Gasteiger partial charge in [-0.25, -0.2) is 0 Å². The van der Waals surface area contributed by atoms with Crippen molar-refractivity contribution >= 4 is 11.9 Å². The summed E-state index contributed by atoms with van der Waals surface area (Å²) >= 11 is 0. The van der Waals surface area contributed by atoms with Crippen LogP contribution in [0.2, 0.25) is 0 Å². The fourth-order valence-electron chi connectivity index (χ4n) is 3.90. The Hall–Kier alpha value is -2.62. The van der Waals surface area contributed by atoms with Crippen molar-refractivity contribution in [3.63, 3.8) is 0 Å². The van der Waals surface area contributed by atoms with E-state index in [1.54, 1.807) is 0 Å². The Kier molecular flexibility index (Phi) is 6.28. The molecule has 0 aliphatic heterocycles. The van der Waals surface area contributed by atoms with Crippen LogP contribution in [-0.4, -0.2) is 17.0 Å². The molecule has 1 amide bonds. The van der Waals surface area contributed by atoms with E-state index in [2.05, 4.69) is 5.32 Å². The van der Waals surface area contributed by atoms with Gasteiger partial charge in [0.1, 0.15) is 0 Å². The highest BCUT2D eigenvalue weighted by Gasteiger charge is 2.39. The van der Waals surface area contributed by atoms with E-state index in [0.717, 1.165) is 48.8 Å². The molecule has 0 spiro atoms. The van der Waals surface area contributed by atoms with E-state index >= 15 is 0 Å². The Morgan fingerprint density at radius 3 is 2.11 bits per heavy atom. The summed E-state index contributed by atoms with van der Waals surface area (Å²) in [5, 5.41) is 12.7. The Bertz CT molecular complexity index is 762. The highest BCUT2D eigenvalue weighted by atomic mass is 16.4. The maximum absolute atomic E-state index is 12.1. The number of aliphatic carboxylic acids is 1. The molecule has 0 saturated heterocycles. The number of carbonyl (C=O) groups is 2. The van der Waals surface area contributed by atoms with Crippen LogP contribution in [0.25, 0.3) is 0 Å². The third-order valence-corrected chi connectivity index (χ3v) is 5.53. The Balaban J connectivity index is 1.55. The first kappa shape index (κ1) is 19.2. The molecule has 0 heterocycles. The standard InChI is InChI=1S/C23H27NO3/c25-21(24-17-20-7-3-1-4-8-20)15-18-9-11-19(12-10-18)16-23(22(26)27)13-5-2-6-14-23/h1,3-4,7-12H,2,5-6,13-17H2,(H,24,25)(H,26,27). The summed E-state index contributed by atoms with van der Waals surface area (Å²) in [7, 11) is 0. The Morgan fingerprint density at radius 1 is 0.852 bits per heavy atom. The van der Waals surface area contributed by atoms with Crippen LogP contribution in [0.1, 0.15) is 48.8 Å². The summed E-state index contributed by atoms with van der Waals surface area (Å²) in [6, 6.07) is 17.7. The molecule has 2 aromatic rings. The molecule has 0 radical (unpaired) electrons. The Morgan fingerprint density at radius 2 is 1.48 bits per heavy atom. The van der Waals surface area contributed by atoms with E-state index in [1.807, 2.05) is 54.6 Å². The third kappa shape index (κ3) is 5.19. The highest BCUT2D eigenvalue weighted by molar-refractivity contribution is 5.78. The third-order valence-electron chi connectivity index (χ3n) is 5.53. The monoisotopic (exact) mass is 365 g/mol. The zero-order valence-corrected chi connectivity index (χ0v) is 15.6. The summed E-state index contributed by atoms with van der Waals surface area (Å²) < 4.78 is 0. The van der Waals surface area contributed by atoms with Crippen molar-refractivity contribution in [3.05, 3.63) is 71.3 Å². The van der Waals surface area contributed by atoms with Crippen LogP contribution >= 0.6 is 0 Å². The maximum Gasteiger partial charge on any atom is 0.309 e. The zero-order valence-electron chi connectivity index (χ0n) is 15.6. The molecule has 2 aromatic carbocycles. The number of carboxylic acids is 1. The molecule has 2 N–H and O–H groups in total. The zero-order chi connectivity index (χ0) is 19.1. The predicted octanol–water partition coefficient (Wildman–Crippen LogP) is 4.12. The first-order chi connectivity index (χ1) is 13.1. The number of carbonyl (C=O) groups excluding carboxylic acids is 1. The van der Waals surface area contributed by atoms with Gasteiger partial charge < -0.3 is 10.4 Å². The van der Waals surface area contributed by atoms with Crippen molar-refractivity contribution in [2.75, 3.05) is 0 Å². The van der Waals surface area contributed by atoms with E-state index in [0.29, 0.717) is 19.4 Å². The summed E-state index contributed by atoms with van der Waals surface area (Å²) in [5.41, 5.74) is 2.44. The number of hydrogen-bond acceptors (Lipinski definition) is 2. The van der Waals surface area contributed by atoms with Gasteiger partial charge in [0.15, 0.2) is 0 Å². The molecule has 4 heteroatoms. The molecule has 142 valence electrons. The lowest BCUT2D eigenvalue weighted by molar-refractivity contribution is -0.151. The highest BCUT2D eigenvalue weighted by Crippen LogP contribution is 2.39. The van der Waals surface area contributed by atoms with E-state index in [4.69, 9.17) is 0 Å². The number of hydrogen-bond donors (Lipinski definition) is 2. The van der Waals surface area contributed by atoms with Crippen molar-refractivity contribution in [2.45, 2.75) is 51.5 Å². The molecule has 1 aliphatic rings. The van der Waals surface area contributed by atoms with Crippen molar-refractivity contribution in [2.24, 2.45) is 5.41 Å². The van der Waals surface area contributed by atoms with Crippen LogP contribution in [0, 0.1) is 5.41 Å². The quantitative estimate of drug-likeness (QED) is 0.775. The first-order valence-corrected chi connectivity index (χ1v) is 9.69. The minimum Gasteiger partial charge on any atom is -0.481 e. The molecule has 1 aliphatic carbocycles.